The highest BCUT2D eigenvalue weighted by molar-refractivity contribution is 5.86. The Labute approximate surface area is 188 Å². The van der Waals surface area contributed by atoms with Crippen molar-refractivity contribution >= 4 is 23.0 Å². The minimum absolute atomic E-state index is 0.0173. The van der Waals surface area contributed by atoms with Crippen LogP contribution in [0.2, 0.25) is 0 Å². The first kappa shape index (κ1) is 24.7. The first-order valence-corrected chi connectivity index (χ1v) is 10.5. The number of unbranched alkanes of at least 4 members (excludes halogenated alkanes) is 3. The molecule has 0 radical (unpaired) electrons. The van der Waals surface area contributed by atoms with Crippen molar-refractivity contribution in [2.45, 2.75) is 46.5 Å². The van der Waals surface area contributed by atoms with Crippen LogP contribution >= 0.6 is 0 Å². The van der Waals surface area contributed by atoms with Gasteiger partial charge in [-0.1, -0.05) is 6.58 Å². The van der Waals surface area contributed by atoms with Crippen molar-refractivity contribution in [2.24, 2.45) is 10.2 Å². The van der Waals surface area contributed by atoms with E-state index in [1.807, 2.05) is 26.0 Å². The van der Waals surface area contributed by atoms with E-state index < -0.39 is 4.92 Å². The van der Waals surface area contributed by atoms with Gasteiger partial charge in [-0.2, -0.15) is 10.2 Å². The molecule has 0 amide bonds. The van der Waals surface area contributed by atoms with E-state index in [4.69, 9.17) is 9.47 Å². The number of azo groups is 1. The molecule has 0 atom stereocenters. The SMILES string of the molecule is C=C(C)C(=O)OCCCCCCOc1cc(C)c(N=Nc2ccc([N+](=O)[O-])cc2)cc1C. The maximum Gasteiger partial charge on any atom is 0.333 e. The fourth-order valence-electron chi connectivity index (χ4n) is 2.82. The summed E-state index contributed by atoms with van der Waals surface area (Å²) < 4.78 is 11.0. The molecule has 8 nitrogen and oxygen atoms in total. The van der Waals surface area contributed by atoms with Gasteiger partial charge in [-0.25, -0.2) is 4.79 Å². The summed E-state index contributed by atoms with van der Waals surface area (Å²) in [4.78, 5) is 21.6. The van der Waals surface area contributed by atoms with Gasteiger partial charge in [-0.05, 0) is 81.8 Å². The molecule has 2 aromatic carbocycles. The molecule has 0 aliphatic rings. The van der Waals surface area contributed by atoms with E-state index in [1.165, 1.54) is 12.1 Å². The number of hydrogen-bond donors (Lipinski definition) is 0. The molecular formula is C24H29N3O5. The van der Waals surface area contributed by atoms with Gasteiger partial charge >= 0.3 is 5.97 Å². The molecule has 0 saturated carbocycles. The molecule has 0 heterocycles. The van der Waals surface area contributed by atoms with E-state index in [1.54, 1.807) is 19.1 Å². The molecule has 8 heteroatoms. The average Bonchev–Trinajstić information content (AvgIpc) is 2.76. The van der Waals surface area contributed by atoms with Crippen LogP contribution in [0.1, 0.15) is 43.7 Å². The average molecular weight is 440 g/mol. The number of hydrogen-bond acceptors (Lipinski definition) is 7. The molecule has 0 aliphatic heterocycles. The van der Waals surface area contributed by atoms with Crippen molar-refractivity contribution < 1.29 is 19.2 Å². The molecule has 2 rings (SSSR count). The maximum absolute atomic E-state index is 11.3. The van der Waals surface area contributed by atoms with Gasteiger partial charge in [0.05, 0.1) is 29.5 Å². The Bertz CT molecular complexity index is 984. The van der Waals surface area contributed by atoms with Gasteiger partial charge in [0, 0.05) is 17.7 Å². The van der Waals surface area contributed by atoms with Crippen LogP contribution in [0, 0.1) is 24.0 Å². The van der Waals surface area contributed by atoms with Gasteiger partial charge in [0.1, 0.15) is 5.75 Å². The van der Waals surface area contributed by atoms with E-state index in [0.717, 1.165) is 48.2 Å². The van der Waals surface area contributed by atoms with Crippen LogP contribution in [-0.2, 0) is 9.53 Å². The third-order valence-corrected chi connectivity index (χ3v) is 4.71. The first-order chi connectivity index (χ1) is 15.3. The van der Waals surface area contributed by atoms with Crippen LogP contribution in [0.5, 0.6) is 5.75 Å². The molecule has 32 heavy (non-hydrogen) atoms. The van der Waals surface area contributed by atoms with Crippen molar-refractivity contribution in [3.05, 3.63) is 69.8 Å². The lowest BCUT2D eigenvalue weighted by Crippen LogP contribution is -2.06. The number of nitro benzene ring substituents is 1. The summed E-state index contributed by atoms with van der Waals surface area (Å²) in [6, 6.07) is 9.78. The number of carbonyl (C=O) groups is 1. The zero-order valence-electron chi connectivity index (χ0n) is 18.8. The third-order valence-electron chi connectivity index (χ3n) is 4.71. The molecule has 0 unspecified atom stereocenters. The zero-order chi connectivity index (χ0) is 23.5. The van der Waals surface area contributed by atoms with Crippen LogP contribution in [0.3, 0.4) is 0 Å². The second-order valence-corrected chi connectivity index (χ2v) is 7.56. The van der Waals surface area contributed by atoms with Crippen molar-refractivity contribution in [1.29, 1.82) is 0 Å². The third kappa shape index (κ3) is 7.94. The minimum atomic E-state index is -0.450. The van der Waals surface area contributed by atoms with Crippen molar-refractivity contribution in [3.63, 3.8) is 0 Å². The molecule has 2 aromatic rings. The number of non-ortho nitro benzene ring substituents is 1. The minimum Gasteiger partial charge on any atom is -0.493 e. The number of ether oxygens (including phenoxy) is 2. The molecule has 0 fully saturated rings. The molecule has 0 aliphatic carbocycles. The number of esters is 1. The summed E-state index contributed by atoms with van der Waals surface area (Å²) in [5.74, 6) is 0.474. The molecule has 0 saturated heterocycles. The Hall–Kier alpha value is -3.55. The Morgan fingerprint density at radius 3 is 2.28 bits per heavy atom. The van der Waals surface area contributed by atoms with E-state index in [9.17, 15) is 14.9 Å². The predicted molar refractivity (Wildman–Crippen MR) is 123 cm³/mol. The highest BCUT2D eigenvalue weighted by atomic mass is 16.6. The van der Waals surface area contributed by atoms with Gasteiger partial charge in [-0.3, -0.25) is 10.1 Å². The smallest absolute Gasteiger partial charge is 0.333 e. The van der Waals surface area contributed by atoms with Gasteiger partial charge < -0.3 is 9.47 Å². The number of rotatable bonds is 12. The summed E-state index contributed by atoms with van der Waals surface area (Å²) in [6.45, 7) is 10.1. The van der Waals surface area contributed by atoms with Crippen molar-refractivity contribution in [3.8, 4) is 5.75 Å². The second kappa shape index (κ2) is 12.3. The van der Waals surface area contributed by atoms with Crippen LogP contribution in [0.15, 0.2) is 58.8 Å². The maximum atomic E-state index is 11.3. The van der Waals surface area contributed by atoms with Gasteiger partial charge in [0.15, 0.2) is 0 Å². The molecule has 170 valence electrons. The Morgan fingerprint density at radius 2 is 1.66 bits per heavy atom. The zero-order valence-corrected chi connectivity index (χ0v) is 18.8. The van der Waals surface area contributed by atoms with Crippen LogP contribution in [-0.4, -0.2) is 24.1 Å². The lowest BCUT2D eigenvalue weighted by molar-refractivity contribution is -0.384. The molecule has 0 aromatic heterocycles. The molecule has 0 bridgehead atoms. The Morgan fingerprint density at radius 1 is 1.00 bits per heavy atom. The highest BCUT2D eigenvalue weighted by Gasteiger charge is 2.07. The number of aryl methyl sites for hydroxylation is 2. The number of nitro groups is 1. The van der Waals surface area contributed by atoms with Gasteiger partial charge in [0.25, 0.3) is 5.69 Å². The molecule has 0 spiro atoms. The molecule has 0 N–H and O–H groups in total. The summed E-state index contributed by atoms with van der Waals surface area (Å²) in [6.07, 6.45) is 3.69. The summed E-state index contributed by atoms with van der Waals surface area (Å²) >= 11 is 0. The van der Waals surface area contributed by atoms with Crippen LogP contribution in [0.4, 0.5) is 17.1 Å². The number of benzene rings is 2. The Balaban J connectivity index is 1.79. The van der Waals surface area contributed by atoms with E-state index in [0.29, 0.717) is 24.5 Å². The van der Waals surface area contributed by atoms with Gasteiger partial charge in [-0.15, -0.1) is 0 Å². The van der Waals surface area contributed by atoms with E-state index >= 15 is 0 Å². The fourth-order valence-corrected chi connectivity index (χ4v) is 2.82. The fraction of sp³-hybridized carbons (Fsp3) is 0.375. The van der Waals surface area contributed by atoms with Gasteiger partial charge in [0.2, 0.25) is 0 Å². The summed E-state index contributed by atoms with van der Waals surface area (Å²) in [5, 5.41) is 19.2. The largest absolute Gasteiger partial charge is 0.493 e. The quantitative estimate of drug-likeness (QED) is 0.0915. The van der Waals surface area contributed by atoms with Crippen molar-refractivity contribution in [2.75, 3.05) is 13.2 Å². The highest BCUT2D eigenvalue weighted by Crippen LogP contribution is 2.30. The summed E-state index contributed by atoms with van der Waals surface area (Å²) in [5.41, 5.74) is 3.59. The van der Waals surface area contributed by atoms with Crippen molar-refractivity contribution in [1.82, 2.24) is 0 Å². The summed E-state index contributed by atoms with van der Waals surface area (Å²) in [7, 11) is 0. The monoisotopic (exact) mass is 439 g/mol. The van der Waals surface area contributed by atoms with E-state index in [-0.39, 0.29) is 11.7 Å². The van der Waals surface area contributed by atoms with Crippen LogP contribution < -0.4 is 4.74 Å². The number of carbonyl (C=O) groups excluding carboxylic acids is 1. The first-order valence-electron chi connectivity index (χ1n) is 10.5. The second-order valence-electron chi connectivity index (χ2n) is 7.56. The molecular weight excluding hydrogens is 410 g/mol. The van der Waals surface area contributed by atoms with E-state index in [2.05, 4.69) is 16.8 Å². The topological polar surface area (TPSA) is 103 Å². The lowest BCUT2D eigenvalue weighted by Gasteiger charge is -2.11. The number of nitrogens with zero attached hydrogens (tertiary/aromatic N) is 3. The predicted octanol–water partition coefficient (Wildman–Crippen LogP) is 6.69. The normalized spacial score (nSPS) is 10.8. The van der Waals surface area contributed by atoms with Crippen LogP contribution in [0.25, 0.3) is 0 Å². The lowest BCUT2D eigenvalue weighted by atomic mass is 10.1. The Kier molecular flexibility index (Phi) is 9.53. The standard InChI is InChI=1S/C24H29N3O5/c1-17(2)24(28)32-14-8-6-5-7-13-31-23-16-18(3)22(15-19(23)4)26-25-20-9-11-21(12-10-20)27(29)30/h9-12,15-16H,1,5-8,13-14H2,2-4H3.